The minimum absolute atomic E-state index is 0.00593. The van der Waals surface area contributed by atoms with Crippen molar-refractivity contribution in [3.8, 4) is 0 Å². The molecule has 0 spiro atoms. The molecule has 0 aromatic heterocycles. The molecule has 2 N–H and O–H groups in total. The van der Waals surface area contributed by atoms with Gasteiger partial charge < -0.3 is 5.11 Å². The summed E-state index contributed by atoms with van der Waals surface area (Å²) in [4.78, 5) is 15.2. The summed E-state index contributed by atoms with van der Waals surface area (Å²) in [5.41, 5.74) is 4.09. The fourth-order valence-electron chi connectivity index (χ4n) is 4.82. The lowest BCUT2D eigenvalue weighted by Crippen LogP contribution is -2.42. The van der Waals surface area contributed by atoms with Crippen LogP contribution in [-0.2, 0) is 4.79 Å². The minimum Gasteiger partial charge on any atom is -0.507 e. The van der Waals surface area contributed by atoms with Crippen molar-refractivity contribution in [2.24, 2.45) is 0 Å². The molecule has 0 amide bonds. The SMILES string of the molecule is N=C1C(=C(O)c2ccccc2)[C@@H](c2ccccc2)C2=C(CCCC2=O)N1c1cccc(Cl)c1. The van der Waals surface area contributed by atoms with Gasteiger partial charge in [0.1, 0.15) is 11.6 Å². The van der Waals surface area contributed by atoms with Gasteiger partial charge in [0, 0.05) is 45.5 Å². The van der Waals surface area contributed by atoms with Crippen LogP contribution in [-0.4, -0.2) is 16.7 Å². The number of allylic oxidation sites excluding steroid dienone is 2. The number of amidine groups is 1. The zero-order valence-electron chi connectivity index (χ0n) is 18.0. The van der Waals surface area contributed by atoms with Crippen molar-refractivity contribution in [3.05, 3.63) is 118 Å². The van der Waals surface area contributed by atoms with E-state index in [1.165, 1.54) is 0 Å². The predicted molar refractivity (Wildman–Crippen MR) is 133 cm³/mol. The van der Waals surface area contributed by atoms with Crippen LogP contribution in [0.3, 0.4) is 0 Å². The van der Waals surface area contributed by atoms with E-state index >= 15 is 0 Å². The Morgan fingerprint density at radius 1 is 0.939 bits per heavy atom. The Labute approximate surface area is 198 Å². The number of carbonyl (C=O) groups excluding carboxylic acids is 1. The molecule has 164 valence electrons. The maximum atomic E-state index is 13.4. The third-order valence-electron chi connectivity index (χ3n) is 6.26. The summed E-state index contributed by atoms with van der Waals surface area (Å²) in [6.45, 7) is 0. The van der Waals surface area contributed by atoms with E-state index in [-0.39, 0.29) is 17.4 Å². The van der Waals surface area contributed by atoms with E-state index < -0.39 is 5.92 Å². The zero-order valence-corrected chi connectivity index (χ0v) is 18.7. The molecule has 5 heteroatoms. The van der Waals surface area contributed by atoms with Crippen molar-refractivity contribution < 1.29 is 9.90 Å². The molecule has 5 rings (SSSR count). The van der Waals surface area contributed by atoms with Crippen molar-refractivity contribution >= 4 is 34.7 Å². The van der Waals surface area contributed by atoms with Gasteiger partial charge >= 0.3 is 0 Å². The van der Waals surface area contributed by atoms with E-state index in [0.29, 0.717) is 40.3 Å². The third kappa shape index (κ3) is 3.77. The Hall–Kier alpha value is -3.63. The van der Waals surface area contributed by atoms with E-state index in [9.17, 15) is 15.3 Å². The Morgan fingerprint density at radius 2 is 1.64 bits per heavy atom. The number of aliphatic hydroxyl groups excluding tert-OH is 1. The number of carbonyl (C=O) groups is 1. The standard InChI is InChI=1S/C28H23ClN2O2/c29-20-13-7-14-21(17-20)31-22-15-8-16-23(32)25(22)24(18-9-3-1-4-10-18)26(28(31)30)27(33)19-11-5-2-6-12-19/h1-7,9-14,17,24,30,33H,8,15-16H2/t24-/m0/s1. The van der Waals surface area contributed by atoms with E-state index in [1.54, 1.807) is 17.0 Å². The summed E-state index contributed by atoms with van der Waals surface area (Å²) in [6, 6.07) is 26.2. The highest BCUT2D eigenvalue weighted by Crippen LogP contribution is 2.47. The van der Waals surface area contributed by atoms with Gasteiger partial charge in [0.15, 0.2) is 5.78 Å². The highest BCUT2D eigenvalue weighted by Gasteiger charge is 2.43. The van der Waals surface area contributed by atoms with Crippen LogP contribution < -0.4 is 4.90 Å². The van der Waals surface area contributed by atoms with Crippen LogP contribution in [0.4, 0.5) is 5.69 Å². The summed E-state index contributed by atoms with van der Waals surface area (Å²) in [5.74, 6) is -0.299. The van der Waals surface area contributed by atoms with Gasteiger partial charge in [-0.3, -0.25) is 15.1 Å². The Balaban J connectivity index is 1.83. The number of ketones is 1. The first-order valence-electron chi connectivity index (χ1n) is 11.0. The van der Waals surface area contributed by atoms with Gasteiger partial charge in [0.2, 0.25) is 0 Å². The number of nitrogens with zero attached hydrogens (tertiary/aromatic N) is 1. The Kier molecular flexibility index (Phi) is 5.61. The summed E-state index contributed by atoms with van der Waals surface area (Å²) >= 11 is 6.29. The average Bonchev–Trinajstić information content (AvgIpc) is 2.84. The van der Waals surface area contributed by atoms with Crippen molar-refractivity contribution in [2.75, 3.05) is 4.90 Å². The van der Waals surface area contributed by atoms with Crippen LogP contribution in [0.5, 0.6) is 0 Å². The van der Waals surface area contributed by atoms with Gasteiger partial charge in [-0.15, -0.1) is 0 Å². The first-order chi connectivity index (χ1) is 16.1. The average molecular weight is 455 g/mol. The van der Waals surface area contributed by atoms with Gasteiger partial charge in [0.05, 0.1) is 0 Å². The normalized spacial score (nSPS) is 20.0. The number of hydrogen-bond acceptors (Lipinski definition) is 3. The molecule has 0 unspecified atom stereocenters. The maximum absolute atomic E-state index is 13.4. The first-order valence-corrected chi connectivity index (χ1v) is 11.4. The van der Waals surface area contributed by atoms with Crippen LogP contribution in [0.1, 0.15) is 36.3 Å². The number of nitrogens with one attached hydrogen (secondary N) is 1. The number of aliphatic hydroxyl groups is 1. The highest BCUT2D eigenvalue weighted by atomic mass is 35.5. The summed E-state index contributed by atoms with van der Waals surface area (Å²) in [6.07, 6.45) is 1.87. The Bertz CT molecular complexity index is 1300. The van der Waals surface area contributed by atoms with Crippen LogP contribution in [0.25, 0.3) is 5.76 Å². The molecule has 2 aliphatic rings. The maximum Gasteiger partial charge on any atom is 0.161 e. The molecule has 0 saturated carbocycles. The van der Waals surface area contributed by atoms with Gasteiger partial charge in [0.25, 0.3) is 0 Å². The van der Waals surface area contributed by atoms with Gasteiger partial charge in [-0.2, -0.15) is 0 Å². The van der Waals surface area contributed by atoms with Gasteiger partial charge in [-0.1, -0.05) is 78.3 Å². The Morgan fingerprint density at radius 3 is 2.33 bits per heavy atom. The minimum atomic E-state index is -0.517. The molecular weight excluding hydrogens is 432 g/mol. The van der Waals surface area contributed by atoms with Crippen molar-refractivity contribution in [2.45, 2.75) is 25.2 Å². The molecule has 33 heavy (non-hydrogen) atoms. The number of hydrogen-bond donors (Lipinski definition) is 2. The predicted octanol–water partition coefficient (Wildman–Crippen LogP) is 6.90. The van der Waals surface area contributed by atoms with E-state index in [1.807, 2.05) is 72.8 Å². The molecule has 3 aromatic rings. The van der Waals surface area contributed by atoms with Gasteiger partial charge in [-0.25, -0.2) is 0 Å². The van der Waals surface area contributed by atoms with Crippen molar-refractivity contribution in [1.29, 1.82) is 5.41 Å². The molecular formula is C28H23ClN2O2. The molecule has 4 nitrogen and oxygen atoms in total. The zero-order chi connectivity index (χ0) is 22.9. The second-order valence-corrected chi connectivity index (χ2v) is 8.71. The monoisotopic (exact) mass is 454 g/mol. The molecule has 0 fully saturated rings. The lowest BCUT2D eigenvalue weighted by molar-refractivity contribution is -0.116. The highest BCUT2D eigenvalue weighted by molar-refractivity contribution is 6.31. The topological polar surface area (TPSA) is 64.4 Å². The number of anilines is 1. The number of benzene rings is 3. The fraction of sp³-hybridized carbons (Fsp3) is 0.143. The lowest BCUT2D eigenvalue weighted by atomic mass is 9.73. The van der Waals surface area contributed by atoms with Crippen LogP contribution in [0.2, 0.25) is 5.02 Å². The second-order valence-electron chi connectivity index (χ2n) is 8.27. The summed E-state index contributed by atoms with van der Waals surface area (Å²) in [7, 11) is 0. The van der Waals surface area contributed by atoms with E-state index in [0.717, 1.165) is 17.7 Å². The molecule has 3 aromatic carbocycles. The van der Waals surface area contributed by atoms with E-state index in [2.05, 4.69) is 0 Å². The molecule has 1 atom stereocenters. The molecule has 1 heterocycles. The smallest absolute Gasteiger partial charge is 0.161 e. The van der Waals surface area contributed by atoms with Gasteiger partial charge in [-0.05, 0) is 36.6 Å². The van der Waals surface area contributed by atoms with E-state index in [4.69, 9.17) is 11.6 Å². The van der Waals surface area contributed by atoms with Crippen molar-refractivity contribution in [1.82, 2.24) is 0 Å². The van der Waals surface area contributed by atoms with Crippen LogP contribution in [0, 0.1) is 5.41 Å². The molecule has 0 bridgehead atoms. The summed E-state index contributed by atoms with van der Waals surface area (Å²) in [5, 5.41) is 21.3. The molecule has 1 aliphatic carbocycles. The van der Waals surface area contributed by atoms with Crippen molar-refractivity contribution in [3.63, 3.8) is 0 Å². The van der Waals surface area contributed by atoms with Crippen LogP contribution >= 0.6 is 11.6 Å². The van der Waals surface area contributed by atoms with Crippen LogP contribution in [0.15, 0.2) is 102 Å². The number of halogens is 1. The second kappa shape index (κ2) is 8.72. The summed E-state index contributed by atoms with van der Waals surface area (Å²) < 4.78 is 0. The number of rotatable bonds is 3. The lowest BCUT2D eigenvalue weighted by Gasteiger charge is -2.41. The quantitative estimate of drug-likeness (QED) is 0.423. The largest absolute Gasteiger partial charge is 0.507 e. The fourth-order valence-corrected chi connectivity index (χ4v) is 5.01. The molecule has 1 aliphatic heterocycles. The third-order valence-corrected chi connectivity index (χ3v) is 6.49. The molecule has 0 radical (unpaired) electrons. The number of Topliss-reactive ketones (excluding diaryl/α,β-unsaturated/α-hetero) is 1. The first kappa shape index (κ1) is 21.2. The molecule has 0 saturated heterocycles.